The molecule has 9 heteroatoms. The minimum Gasteiger partial charge on any atom is -0.481 e. The van der Waals surface area contributed by atoms with Crippen molar-refractivity contribution < 1.29 is 19.6 Å². The SMILES string of the molecule is O=C(O)CC1CN(C(=O)Nc2ccc(Br)c([N+](=O)[O-])c2)C1. The van der Waals surface area contributed by atoms with Crippen molar-refractivity contribution in [1.82, 2.24) is 4.90 Å². The molecule has 2 N–H and O–H groups in total. The molecular formula is C12H12BrN3O5. The molecule has 0 unspecified atom stereocenters. The summed E-state index contributed by atoms with van der Waals surface area (Å²) in [5.41, 5.74) is 0.178. The van der Waals surface area contributed by atoms with Crippen molar-refractivity contribution in [2.45, 2.75) is 6.42 Å². The van der Waals surface area contributed by atoms with Gasteiger partial charge >= 0.3 is 12.0 Å². The van der Waals surface area contributed by atoms with Gasteiger partial charge in [-0.05, 0) is 28.1 Å². The summed E-state index contributed by atoms with van der Waals surface area (Å²) in [5.74, 6) is -0.920. The molecule has 1 fully saturated rings. The lowest BCUT2D eigenvalue weighted by atomic mass is 9.97. The van der Waals surface area contributed by atoms with Gasteiger partial charge in [0.15, 0.2) is 0 Å². The van der Waals surface area contributed by atoms with Gasteiger partial charge in [-0.15, -0.1) is 0 Å². The van der Waals surface area contributed by atoms with E-state index in [1.807, 2.05) is 0 Å². The topological polar surface area (TPSA) is 113 Å². The number of rotatable bonds is 4. The highest BCUT2D eigenvalue weighted by atomic mass is 79.9. The quantitative estimate of drug-likeness (QED) is 0.633. The second-order valence-corrected chi connectivity index (χ2v) is 5.58. The van der Waals surface area contributed by atoms with E-state index in [2.05, 4.69) is 21.2 Å². The summed E-state index contributed by atoms with van der Waals surface area (Å²) in [6.07, 6.45) is 0.0353. The minimum atomic E-state index is -0.886. The number of hydrogen-bond acceptors (Lipinski definition) is 4. The number of carboxylic acids is 1. The molecule has 21 heavy (non-hydrogen) atoms. The first-order chi connectivity index (χ1) is 9.86. The van der Waals surface area contributed by atoms with Gasteiger partial charge in [0.1, 0.15) is 0 Å². The highest BCUT2D eigenvalue weighted by molar-refractivity contribution is 9.10. The molecule has 0 saturated carbocycles. The van der Waals surface area contributed by atoms with Crippen molar-refractivity contribution in [3.8, 4) is 0 Å². The second kappa shape index (κ2) is 6.08. The number of carbonyl (C=O) groups excluding carboxylic acids is 1. The van der Waals surface area contributed by atoms with Crippen LogP contribution in [0.15, 0.2) is 22.7 Å². The van der Waals surface area contributed by atoms with Gasteiger partial charge in [0.2, 0.25) is 0 Å². The molecule has 1 heterocycles. The Hall–Kier alpha value is -2.16. The molecule has 8 nitrogen and oxygen atoms in total. The monoisotopic (exact) mass is 357 g/mol. The van der Waals surface area contributed by atoms with Crippen molar-refractivity contribution in [2.24, 2.45) is 5.92 Å². The summed E-state index contributed by atoms with van der Waals surface area (Å²) in [6.45, 7) is 0.744. The number of anilines is 1. The second-order valence-electron chi connectivity index (χ2n) is 4.72. The lowest BCUT2D eigenvalue weighted by Crippen LogP contribution is -2.52. The van der Waals surface area contributed by atoms with Crippen molar-refractivity contribution >= 4 is 39.3 Å². The molecule has 2 rings (SSSR count). The van der Waals surface area contributed by atoms with Gasteiger partial charge in [-0.25, -0.2) is 4.79 Å². The summed E-state index contributed by atoms with van der Waals surface area (Å²) in [4.78, 5) is 34.1. The number of amides is 2. The number of urea groups is 1. The maximum absolute atomic E-state index is 11.9. The summed E-state index contributed by atoms with van der Waals surface area (Å²) in [6, 6.07) is 3.89. The molecule has 0 aromatic heterocycles. The molecule has 1 aromatic carbocycles. The fourth-order valence-corrected chi connectivity index (χ4v) is 2.44. The van der Waals surface area contributed by atoms with E-state index in [1.165, 1.54) is 17.0 Å². The normalized spacial score (nSPS) is 14.4. The van der Waals surface area contributed by atoms with E-state index in [1.54, 1.807) is 6.07 Å². The van der Waals surface area contributed by atoms with E-state index >= 15 is 0 Å². The lowest BCUT2D eigenvalue weighted by Gasteiger charge is -2.38. The number of nitro groups is 1. The molecule has 2 amide bonds. The van der Waals surface area contributed by atoms with Gasteiger partial charge in [-0.3, -0.25) is 14.9 Å². The third kappa shape index (κ3) is 3.69. The number of carbonyl (C=O) groups is 2. The Morgan fingerprint density at radius 1 is 1.48 bits per heavy atom. The van der Waals surface area contributed by atoms with E-state index in [9.17, 15) is 19.7 Å². The van der Waals surface area contributed by atoms with E-state index in [0.717, 1.165) is 0 Å². The summed E-state index contributed by atoms with van der Waals surface area (Å²) in [7, 11) is 0. The predicted octanol–water partition coefficient (Wildman–Crippen LogP) is 2.30. The Labute approximate surface area is 128 Å². The Morgan fingerprint density at radius 3 is 2.71 bits per heavy atom. The van der Waals surface area contributed by atoms with Gasteiger partial charge in [0.05, 0.1) is 15.8 Å². The van der Waals surface area contributed by atoms with Crippen LogP contribution in [-0.4, -0.2) is 40.0 Å². The van der Waals surface area contributed by atoms with Crippen LogP contribution in [0.1, 0.15) is 6.42 Å². The molecule has 0 spiro atoms. The third-order valence-corrected chi connectivity index (χ3v) is 3.77. The van der Waals surface area contributed by atoms with Crippen LogP contribution in [0, 0.1) is 16.0 Å². The molecule has 0 aliphatic carbocycles. The molecular weight excluding hydrogens is 346 g/mol. The number of benzene rings is 1. The fourth-order valence-electron chi connectivity index (χ4n) is 2.04. The average Bonchev–Trinajstić information content (AvgIpc) is 2.34. The Balaban J connectivity index is 1.94. The standard InChI is InChI=1S/C12H12BrN3O5/c13-9-2-1-8(4-10(9)16(20)21)14-12(19)15-5-7(6-15)3-11(17)18/h1-2,4,7H,3,5-6H2,(H,14,19)(H,17,18). The number of aliphatic carboxylic acids is 1. The Morgan fingerprint density at radius 2 is 2.14 bits per heavy atom. The van der Waals surface area contributed by atoms with Gasteiger partial charge < -0.3 is 15.3 Å². The molecule has 0 atom stereocenters. The van der Waals surface area contributed by atoms with E-state index in [4.69, 9.17) is 5.11 Å². The van der Waals surface area contributed by atoms with E-state index < -0.39 is 16.9 Å². The largest absolute Gasteiger partial charge is 0.481 e. The Bertz CT molecular complexity index is 601. The van der Waals surface area contributed by atoms with Crippen LogP contribution in [0.5, 0.6) is 0 Å². The van der Waals surface area contributed by atoms with Crippen LogP contribution in [-0.2, 0) is 4.79 Å². The predicted molar refractivity (Wildman–Crippen MR) is 77.1 cm³/mol. The molecule has 1 saturated heterocycles. The maximum Gasteiger partial charge on any atom is 0.321 e. The van der Waals surface area contributed by atoms with Gasteiger partial charge in [-0.1, -0.05) is 0 Å². The zero-order valence-corrected chi connectivity index (χ0v) is 12.4. The Kier molecular flexibility index (Phi) is 4.41. The average molecular weight is 358 g/mol. The number of nitro benzene ring substituents is 1. The minimum absolute atomic E-state index is 0.0347. The summed E-state index contributed by atoms with van der Waals surface area (Å²) < 4.78 is 0.330. The van der Waals surface area contributed by atoms with Crippen LogP contribution < -0.4 is 5.32 Å². The summed E-state index contributed by atoms with van der Waals surface area (Å²) in [5, 5.41) is 22.0. The highest BCUT2D eigenvalue weighted by Gasteiger charge is 2.32. The van der Waals surface area contributed by atoms with E-state index in [-0.39, 0.29) is 18.0 Å². The molecule has 1 aliphatic heterocycles. The molecule has 1 aromatic rings. The van der Waals surface area contributed by atoms with Crippen LogP contribution in [0.4, 0.5) is 16.2 Å². The number of likely N-dealkylation sites (tertiary alicyclic amines) is 1. The molecule has 0 bridgehead atoms. The smallest absolute Gasteiger partial charge is 0.321 e. The van der Waals surface area contributed by atoms with Crippen molar-refractivity contribution in [3.05, 3.63) is 32.8 Å². The van der Waals surface area contributed by atoms with Gasteiger partial charge in [0, 0.05) is 30.8 Å². The van der Waals surface area contributed by atoms with Crippen molar-refractivity contribution in [3.63, 3.8) is 0 Å². The number of nitrogens with one attached hydrogen (secondary N) is 1. The maximum atomic E-state index is 11.9. The van der Waals surface area contributed by atoms with Crippen LogP contribution in [0.2, 0.25) is 0 Å². The van der Waals surface area contributed by atoms with Gasteiger partial charge in [0.25, 0.3) is 5.69 Å². The number of hydrogen-bond donors (Lipinski definition) is 2. The number of halogens is 1. The zero-order valence-electron chi connectivity index (χ0n) is 10.8. The molecule has 112 valence electrons. The molecule has 1 aliphatic rings. The van der Waals surface area contributed by atoms with Crippen molar-refractivity contribution in [1.29, 1.82) is 0 Å². The third-order valence-electron chi connectivity index (χ3n) is 3.10. The van der Waals surface area contributed by atoms with Crippen LogP contribution >= 0.6 is 15.9 Å². The number of nitrogens with zero attached hydrogens (tertiary/aromatic N) is 2. The van der Waals surface area contributed by atoms with Gasteiger partial charge in [-0.2, -0.15) is 0 Å². The summed E-state index contributed by atoms with van der Waals surface area (Å²) >= 11 is 3.06. The first-order valence-electron chi connectivity index (χ1n) is 6.08. The van der Waals surface area contributed by atoms with Crippen LogP contribution in [0.25, 0.3) is 0 Å². The van der Waals surface area contributed by atoms with E-state index in [0.29, 0.717) is 23.2 Å². The first kappa shape index (κ1) is 15.2. The fraction of sp³-hybridized carbons (Fsp3) is 0.333. The van der Waals surface area contributed by atoms with Crippen molar-refractivity contribution in [2.75, 3.05) is 18.4 Å². The lowest BCUT2D eigenvalue weighted by molar-refractivity contribution is -0.385. The first-order valence-corrected chi connectivity index (χ1v) is 6.87. The van der Waals surface area contributed by atoms with Crippen LogP contribution in [0.3, 0.4) is 0 Å². The zero-order chi connectivity index (χ0) is 15.6. The number of carboxylic acid groups (broad SMARTS) is 1. The highest BCUT2D eigenvalue weighted by Crippen LogP contribution is 2.28. The molecule has 0 radical (unpaired) electrons.